The number of amides is 1. The van der Waals surface area contributed by atoms with E-state index in [0.29, 0.717) is 24.5 Å². The molecule has 0 aromatic heterocycles. The van der Waals surface area contributed by atoms with Crippen molar-refractivity contribution in [2.45, 2.75) is 96.3 Å². The minimum atomic E-state index is -0.116. The second kappa shape index (κ2) is 12.4. The Morgan fingerprint density at radius 3 is 2.15 bits per heavy atom. The highest BCUT2D eigenvalue weighted by molar-refractivity contribution is 5.93. The molecular weight excluding hydrogens is 494 g/mol. The zero-order valence-electron chi connectivity index (χ0n) is 24.3. The normalized spacial score (nSPS) is 15.6. The first-order chi connectivity index (χ1) is 19.3. The maximum atomic E-state index is 13.6. The Bertz CT molecular complexity index is 1300. The number of carbonyl (C=O) groups excluding carboxylic acids is 2. The number of ketones is 1. The van der Waals surface area contributed by atoms with Gasteiger partial charge in [-0.3, -0.25) is 9.59 Å². The number of ether oxygens (including phenoxy) is 1. The van der Waals surface area contributed by atoms with Gasteiger partial charge in [0.1, 0.15) is 17.3 Å². The number of carbonyl (C=O) groups is 2. The molecule has 3 aromatic rings. The van der Waals surface area contributed by atoms with E-state index in [1.165, 1.54) is 32.1 Å². The van der Waals surface area contributed by atoms with E-state index >= 15 is 0 Å². The molecule has 3 aromatic carbocycles. The first kappa shape index (κ1) is 28.1. The molecule has 0 atom stereocenters. The molecule has 0 radical (unpaired) electrons. The number of Topliss-reactive ketones (excluding diaryl/α,β-unsaturated/α-hetero) is 1. The van der Waals surface area contributed by atoms with E-state index in [1.807, 2.05) is 36.4 Å². The molecule has 0 unspecified atom stereocenters. The quantitative estimate of drug-likeness (QED) is 0.296. The standard InChI is InChI=1S/C36H43NO3/c1-36(2,3)31-21-20-26(14-11-15-27(38)22-25-12-5-4-6-13-25)23-32(31)37-35(39)24-30-28-16-7-9-18-33(28)40-34-19-10-8-17-29(30)34/h7-10,16-21,23,25,30H,4-6,11-15,22,24H2,1-3H3,(H,37,39). The molecule has 1 heterocycles. The number of aryl methyl sites for hydroxylation is 1. The number of fused-ring (bicyclic) bond motifs is 2. The van der Waals surface area contributed by atoms with Crippen LogP contribution >= 0.6 is 0 Å². The van der Waals surface area contributed by atoms with E-state index in [2.05, 4.69) is 56.4 Å². The number of hydrogen-bond donors (Lipinski definition) is 1. The van der Waals surface area contributed by atoms with E-state index in [-0.39, 0.29) is 17.2 Å². The Labute approximate surface area is 239 Å². The van der Waals surface area contributed by atoms with Gasteiger partial charge >= 0.3 is 0 Å². The van der Waals surface area contributed by atoms with Crippen molar-refractivity contribution in [1.82, 2.24) is 0 Å². The molecule has 2 aliphatic rings. The molecule has 1 aliphatic carbocycles. The molecule has 1 fully saturated rings. The minimum absolute atomic E-state index is 0.0122. The largest absolute Gasteiger partial charge is 0.457 e. The summed E-state index contributed by atoms with van der Waals surface area (Å²) in [6.45, 7) is 6.52. The van der Waals surface area contributed by atoms with Crippen molar-refractivity contribution in [2.75, 3.05) is 5.32 Å². The highest BCUT2D eigenvalue weighted by Crippen LogP contribution is 2.45. The SMILES string of the molecule is CC(C)(C)c1ccc(CCCC(=O)CC2CCCCC2)cc1NC(=O)CC1c2ccccc2Oc2ccccc21. The van der Waals surface area contributed by atoms with E-state index < -0.39 is 0 Å². The van der Waals surface area contributed by atoms with Gasteiger partial charge in [0, 0.05) is 42.0 Å². The van der Waals surface area contributed by atoms with Crippen LogP contribution in [0.5, 0.6) is 11.5 Å². The molecule has 40 heavy (non-hydrogen) atoms. The average molecular weight is 538 g/mol. The molecule has 0 saturated heterocycles. The van der Waals surface area contributed by atoms with Crippen molar-refractivity contribution in [3.63, 3.8) is 0 Å². The Morgan fingerprint density at radius 1 is 0.850 bits per heavy atom. The number of benzene rings is 3. The van der Waals surface area contributed by atoms with Crippen LogP contribution in [0.15, 0.2) is 66.7 Å². The summed E-state index contributed by atoms with van der Waals surface area (Å²) in [4.78, 5) is 26.2. The van der Waals surface area contributed by atoms with E-state index in [9.17, 15) is 9.59 Å². The Balaban J connectivity index is 1.27. The van der Waals surface area contributed by atoms with E-state index in [4.69, 9.17) is 4.74 Å². The van der Waals surface area contributed by atoms with Gasteiger partial charge in [0.25, 0.3) is 0 Å². The van der Waals surface area contributed by atoms with Gasteiger partial charge in [0.05, 0.1) is 0 Å². The third-order valence-corrected chi connectivity index (χ3v) is 8.53. The predicted molar refractivity (Wildman–Crippen MR) is 162 cm³/mol. The number of para-hydroxylation sites is 2. The highest BCUT2D eigenvalue weighted by atomic mass is 16.5. The number of hydrogen-bond acceptors (Lipinski definition) is 3. The van der Waals surface area contributed by atoms with Crippen molar-refractivity contribution in [3.8, 4) is 11.5 Å². The summed E-state index contributed by atoms with van der Waals surface area (Å²) in [5.74, 6) is 2.55. The van der Waals surface area contributed by atoms with Gasteiger partial charge in [-0.1, -0.05) is 101 Å². The first-order valence-corrected chi connectivity index (χ1v) is 15.1. The topological polar surface area (TPSA) is 55.4 Å². The third kappa shape index (κ3) is 6.83. The summed E-state index contributed by atoms with van der Waals surface area (Å²) in [5, 5.41) is 3.27. The number of anilines is 1. The number of nitrogens with one attached hydrogen (secondary N) is 1. The molecule has 5 rings (SSSR count). The lowest BCUT2D eigenvalue weighted by atomic mass is 9.83. The van der Waals surface area contributed by atoms with Crippen LogP contribution in [0.1, 0.15) is 107 Å². The van der Waals surface area contributed by atoms with Gasteiger partial charge in [-0.15, -0.1) is 0 Å². The van der Waals surface area contributed by atoms with E-state index in [1.54, 1.807) is 0 Å². The lowest BCUT2D eigenvalue weighted by molar-refractivity contribution is -0.120. The molecular formula is C36H43NO3. The summed E-state index contributed by atoms with van der Waals surface area (Å²) in [6.07, 6.45) is 9.73. The zero-order valence-corrected chi connectivity index (χ0v) is 24.3. The first-order valence-electron chi connectivity index (χ1n) is 15.1. The zero-order chi connectivity index (χ0) is 28.1. The molecule has 1 N–H and O–H groups in total. The summed E-state index contributed by atoms with van der Waals surface area (Å²) < 4.78 is 6.13. The van der Waals surface area contributed by atoms with Crippen molar-refractivity contribution in [1.29, 1.82) is 0 Å². The third-order valence-electron chi connectivity index (χ3n) is 8.53. The second-order valence-electron chi connectivity index (χ2n) is 12.7. The fraction of sp³-hybridized carbons (Fsp3) is 0.444. The summed E-state index contributed by atoms with van der Waals surface area (Å²) in [5.41, 5.74) is 5.12. The van der Waals surface area contributed by atoms with Crippen molar-refractivity contribution < 1.29 is 14.3 Å². The van der Waals surface area contributed by atoms with Crippen LogP contribution in [-0.2, 0) is 21.4 Å². The fourth-order valence-electron chi connectivity index (χ4n) is 6.42. The molecule has 4 heteroatoms. The maximum Gasteiger partial charge on any atom is 0.225 e. The monoisotopic (exact) mass is 537 g/mol. The summed E-state index contributed by atoms with van der Waals surface area (Å²) in [6, 6.07) is 22.4. The lowest BCUT2D eigenvalue weighted by Gasteiger charge is -2.28. The Kier molecular flexibility index (Phi) is 8.73. The van der Waals surface area contributed by atoms with Gasteiger partial charge < -0.3 is 10.1 Å². The minimum Gasteiger partial charge on any atom is -0.457 e. The van der Waals surface area contributed by atoms with Crippen LogP contribution in [0.4, 0.5) is 5.69 Å². The van der Waals surface area contributed by atoms with Crippen molar-refractivity contribution in [2.24, 2.45) is 5.92 Å². The van der Waals surface area contributed by atoms with Crippen LogP contribution in [-0.4, -0.2) is 11.7 Å². The van der Waals surface area contributed by atoms with Gasteiger partial charge in [-0.2, -0.15) is 0 Å². The van der Waals surface area contributed by atoms with Crippen LogP contribution in [0.3, 0.4) is 0 Å². The van der Waals surface area contributed by atoms with Crippen LogP contribution < -0.4 is 10.1 Å². The van der Waals surface area contributed by atoms with Gasteiger partial charge in [0.2, 0.25) is 5.91 Å². The summed E-state index contributed by atoms with van der Waals surface area (Å²) in [7, 11) is 0. The van der Waals surface area contributed by atoms with Crippen LogP contribution in [0.25, 0.3) is 0 Å². The van der Waals surface area contributed by atoms with Gasteiger partial charge in [-0.05, 0) is 53.5 Å². The average Bonchev–Trinajstić information content (AvgIpc) is 2.93. The molecule has 0 spiro atoms. The summed E-state index contributed by atoms with van der Waals surface area (Å²) >= 11 is 0. The Morgan fingerprint density at radius 2 is 1.50 bits per heavy atom. The molecule has 0 bridgehead atoms. The highest BCUT2D eigenvalue weighted by Gasteiger charge is 2.29. The molecule has 1 saturated carbocycles. The number of rotatable bonds is 9. The van der Waals surface area contributed by atoms with Crippen molar-refractivity contribution in [3.05, 3.63) is 89.0 Å². The van der Waals surface area contributed by atoms with Crippen LogP contribution in [0.2, 0.25) is 0 Å². The van der Waals surface area contributed by atoms with Crippen molar-refractivity contribution >= 4 is 17.4 Å². The second-order valence-corrected chi connectivity index (χ2v) is 12.7. The molecule has 1 aliphatic heterocycles. The molecule has 4 nitrogen and oxygen atoms in total. The van der Waals surface area contributed by atoms with Crippen LogP contribution in [0, 0.1) is 5.92 Å². The Hall–Kier alpha value is -3.40. The maximum absolute atomic E-state index is 13.6. The molecule has 1 amide bonds. The smallest absolute Gasteiger partial charge is 0.225 e. The van der Waals surface area contributed by atoms with Gasteiger partial charge in [-0.25, -0.2) is 0 Å². The predicted octanol–water partition coefficient (Wildman–Crippen LogP) is 9.11. The lowest BCUT2D eigenvalue weighted by Crippen LogP contribution is -2.22. The van der Waals surface area contributed by atoms with Gasteiger partial charge in [0.15, 0.2) is 0 Å². The fourth-order valence-corrected chi connectivity index (χ4v) is 6.42. The molecule has 210 valence electrons. The van der Waals surface area contributed by atoms with E-state index in [0.717, 1.165) is 58.7 Å².